The minimum Gasteiger partial charge on any atom is -0.370 e. The molecule has 0 aromatic heterocycles. The zero-order valence-electron chi connectivity index (χ0n) is 83.6. The Morgan fingerprint density at radius 3 is 0.450 bits per heavy atom. The molecule has 0 aliphatic rings. The Morgan fingerprint density at radius 1 is 0.168 bits per heavy atom. The van der Waals surface area contributed by atoms with Gasteiger partial charge in [0.2, 0.25) is 142 Å². The van der Waals surface area contributed by atoms with Crippen LogP contribution in [-0.2, 0) is 115 Å². The summed E-state index contributed by atoms with van der Waals surface area (Å²) in [7, 11) is 0. The van der Waals surface area contributed by atoms with Gasteiger partial charge in [0.05, 0.1) is 52.1 Å². The highest BCUT2D eigenvalue weighted by atomic mass is 32.2. The lowest BCUT2D eigenvalue weighted by Gasteiger charge is -2.29. The van der Waals surface area contributed by atoms with Crippen molar-refractivity contribution in [1.82, 2.24) is 79.8 Å². The summed E-state index contributed by atoms with van der Waals surface area (Å²) in [4.78, 5) is 326. The number of hydrogen-bond acceptors (Lipinski definition) is 40. The van der Waals surface area contributed by atoms with Crippen molar-refractivity contribution in [3.8, 4) is 0 Å². The van der Waals surface area contributed by atoms with Crippen molar-refractivity contribution in [2.24, 2.45) is 97.5 Å². The summed E-state index contributed by atoms with van der Waals surface area (Å²) in [6.07, 6.45) is 3.75. The maximum absolute atomic E-state index is 15.0. The number of carbonyl (C=O) groups is 24. The SMILES string of the molecule is NCCCC[C@H](NC(=O)[C@H](CCCCN)NC(=O)[C@H](CCCCN)NC(=O)[C@H](CCCCN)NC(=O)[C@H](CCCCN)NC(=O)[C@H](CCCCN)NC(=O)[C@H](CCCCN)NC(=O)[C@H](CSCC(N)=O)NC(=O)[C@H](CSCC(N)=O)NC(=O)[C@H](CSCC(N)=O)NC(=O)[C@H](CSCC(N)=O)NC(=O)[C@H](CSCC(N)=O)NC(=O)[C@H](CSCC(N)=O)NC(=O)C(CSCC(N)=O)NC(=O)[C@@H](N)CSCC(N)=O)C(=O)NCCC(N)=O. The molecule has 0 heterocycles. The van der Waals surface area contributed by atoms with Gasteiger partial charge >= 0.3 is 0 Å². The van der Waals surface area contributed by atoms with Crippen LogP contribution in [0.25, 0.3) is 0 Å². The van der Waals surface area contributed by atoms with E-state index in [2.05, 4.69) is 79.8 Å². The van der Waals surface area contributed by atoms with Crippen LogP contribution in [0, 0.1) is 0 Å². The lowest BCUT2D eigenvalue weighted by atomic mass is 10.0. The molecular formula is C85H156N32O24S8. The van der Waals surface area contributed by atoms with Crippen molar-refractivity contribution in [3.05, 3.63) is 0 Å². The van der Waals surface area contributed by atoms with Gasteiger partial charge in [-0.15, -0.1) is 94.1 Å². The molecule has 149 heavy (non-hydrogen) atoms. The Balaban J connectivity index is 8.08. The Hall–Kier alpha value is -10.2. The molecule has 64 heteroatoms. The molecule has 0 spiro atoms. The third-order valence-corrected chi connectivity index (χ3v) is 29.2. The van der Waals surface area contributed by atoms with Crippen LogP contribution >= 0.6 is 94.1 Å². The minimum absolute atomic E-state index is 0.0231. The van der Waals surface area contributed by atoms with Crippen molar-refractivity contribution in [2.75, 3.05) is 144 Å². The summed E-state index contributed by atoms with van der Waals surface area (Å²) < 4.78 is 0. The van der Waals surface area contributed by atoms with E-state index >= 15 is 9.59 Å². The van der Waals surface area contributed by atoms with E-state index in [4.69, 9.17) is 97.5 Å². The topological polar surface area (TPSA) is 1030 Å². The number of amides is 24. The quantitative estimate of drug-likeness (QED) is 0.0251. The monoisotopic (exact) mass is 2260 g/mol. The normalized spacial score (nSPS) is 14.1. The van der Waals surface area contributed by atoms with E-state index in [9.17, 15) is 105 Å². The number of thioether (sulfide) groups is 8. The van der Waals surface area contributed by atoms with Crippen LogP contribution in [0.2, 0.25) is 0 Å². The predicted octanol–water partition coefficient (Wildman–Crippen LogP) is -14.3. The van der Waals surface area contributed by atoms with Gasteiger partial charge in [0.1, 0.15) is 84.6 Å². The molecule has 49 N–H and O–H groups in total. The molecule has 0 aliphatic carbocycles. The molecule has 848 valence electrons. The van der Waals surface area contributed by atoms with E-state index in [-0.39, 0.29) is 165 Å². The van der Waals surface area contributed by atoms with Gasteiger partial charge in [-0.05, 0) is 181 Å². The second-order valence-corrected chi connectivity index (χ2v) is 42.1. The van der Waals surface area contributed by atoms with Crippen LogP contribution in [-0.4, -0.2) is 377 Å². The number of primary amides is 9. The average molecular weight is 2270 g/mol. The molecule has 0 aromatic carbocycles. The van der Waals surface area contributed by atoms with Crippen molar-refractivity contribution in [1.29, 1.82) is 0 Å². The third-order valence-electron chi connectivity index (χ3n) is 20.7. The lowest BCUT2D eigenvalue weighted by molar-refractivity contribution is -0.136. The van der Waals surface area contributed by atoms with Crippen molar-refractivity contribution in [2.45, 2.75) is 232 Å². The van der Waals surface area contributed by atoms with E-state index in [1.807, 2.05) is 0 Å². The second-order valence-electron chi connectivity index (χ2n) is 33.8. The zero-order valence-corrected chi connectivity index (χ0v) is 90.1. The van der Waals surface area contributed by atoms with Crippen LogP contribution in [0.5, 0.6) is 0 Å². The molecule has 0 saturated carbocycles. The number of rotatable bonds is 92. The standard InChI is InChI=1S/C85H156N32O24S8/c86-23-8-1-15-48(72(128)103-30-22-62(94)118)104-73(129)49(16-2-9-24-87)105-74(130)50(17-3-10-25-88)106-75(131)51(18-4-11-26-89)107-76(132)52(19-5-12-27-90)108-77(133)53(20-6-13-28-91)109-78(134)54(21-7-14-29-92)110-79(135)56(33-144-41-65(97)121)112-81(137)58(35-146-43-67(99)123)114-83(139)60(37-148-45-69(101)125)116-85(141)61(38-149-46-70(102)126)117-84(140)59(36-147-44-68(100)124)115-82(138)57(34-145-42-66(98)122)113-80(136)55(32-143-40-64(96)120)111-71(127)47(93)31-142-39-63(95)119/h47-61H,1-46,86-93H2,(H2,94,118)(H2,95,119)(H2,96,120)(H2,97,121)(H2,98,122)(H2,99,123)(H2,100,124)(H2,101,125)(H2,102,126)(H,103,128)(H,104,129)(H,105,130)(H,106,131)(H,107,132)(H,108,133)(H,109,134)(H,110,135)(H,111,127)(H,112,137)(H,113,136)(H,114,139)(H,115,138)(H,116,141)(H,117,140)/t47-,48-,49-,50-,51-,52-,53-,54-,55?,56-,57-,58-,59-,60-,61-/m0/s1. The van der Waals surface area contributed by atoms with Crippen LogP contribution in [0.1, 0.15) is 141 Å². The maximum atomic E-state index is 15.0. The smallest absolute Gasteiger partial charge is 0.244 e. The summed E-state index contributed by atoms with van der Waals surface area (Å²) in [6, 6.07) is -23.8. The van der Waals surface area contributed by atoms with Gasteiger partial charge in [-0.2, -0.15) is 0 Å². The molecule has 0 bridgehead atoms. The van der Waals surface area contributed by atoms with E-state index in [0.29, 0.717) is 122 Å². The van der Waals surface area contributed by atoms with Gasteiger partial charge < -0.3 is 177 Å². The molecular weight excluding hydrogens is 2110 g/mol. The predicted molar refractivity (Wildman–Crippen MR) is 574 cm³/mol. The summed E-state index contributed by atoms with van der Waals surface area (Å²) in [5.41, 5.74) is 95.7. The Labute approximate surface area is 898 Å². The summed E-state index contributed by atoms with van der Waals surface area (Å²) in [6.45, 7) is 1.05. The van der Waals surface area contributed by atoms with Gasteiger partial charge in [0.25, 0.3) is 0 Å². The number of nitrogens with two attached hydrogens (primary N) is 17. The zero-order chi connectivity index (χ0) is 112. The highest BCUT2D eigenvalue weighted by molar-refractivity contribution is 8.01. The molecule has 0 aliphatic heterocycles. The summed E-state index contributed by atoms with van der Waals surface area (Å²) in [5, 5.41) is 38.5. The van der Waals surface area contributed by atoms with Gasteiger partial charge in [0.15, 0.2) is 0 Å². The van der Waals surface area contributed by atoms with E-state index in [0.717, 1.165) is 23.5 Å². The van der Waals surface area contributed by atoms with Gasteiger partial charge in [-0.3, -0.25) is 115 Å². The average Bonchev–Trinajstić information content (AvgIpc) is 0.857. The minimum atomic E-state index is -1.89. The number of carbonyl (C=O) groups excluding carboxylic acids is 24. The Kier molecular flexibility index (Phi) is 77.7. The van der Waals surface area contributed by atoms with Crippen molar-refractivity contribution >= 4 is 236 Å². The molecule has 1 unspecified atom stereocenters. The van der Waals surface area contributed by atoms with E-state index in [1.165, 1.54) is 0 Å². The van der Waals surface area contributed by atoms with Gasteiger partial charge in [0, 0.05) is 59.0 Å². The van der Waals surface area contributed by atoms with Gasteiger partial charge in [-0.25, -0.2) is 0 Å². The molecule has 0 aromatic rings. The Bertz CT molecular complexity index is 4270. The fraction of sp³-hybridized carbons (Fsp3) is 0.718. The maximum Gasteiger partial charge on any atom is 0.244 e. The van der Waals surface area contributed by atoms with Crippen LogP contribution in [0.15, 0.2) is 0 Å². The van der Waals surface area contributed by atoms with Gasteiger partial charge in [-0.1, -0.05) is 0 Å². The summed E-state index contributed by atoms with van der Waals surface area (Å²) >= 11 is 5.79. The first kappa shape index (κ1) is 139. The molecule has 0 radical (unpaired) electrons. The summed E-state index contributed by atoms with van der Waals surface area (Å²) in [5.74, 6) is -30.3. The van der Waals surface area contributed by atoms with Crippen molar-refractivity contribution < 1.29 is 115 Å². The van der Waals surface area contributed by atoms with E-state index < -0.39 is 301 Å². The van der Waals surface area contributed by atoms with Crippen LogP contribution in [0.3, 0.4) is 0 Å². The molecule has 0 fully saturated rings. The third kappa shape index (κ3) is 66.9. The fourth-order valence-corrected chi connectivity index (χ4v) is 19.4. The van der Waals surface area contributed by atoms with Crippen molar-refractivity contribution in [3.63, 3.8) is 0 Å². The van der Waals surface area contributed by atoms with E-state index in [1.54, 1.807) is 0 Å². The molecule has 56 nitrogen and oxygen atoms in total. The second kappa shape index (κ2) is 83.4. The first-order valence-electron chi connectivity index (χ1n) is 48.1. The number of hydrogen-bond donors (Lipinski definition) is 32. The largest absolute Gasteiger partial charge is 0.370 e. The number of unbranched alkanes of at least 4 members (excludes halogenated alkanes) is 7. The molecule has 15 atom stereocenters. The highest BCUT2D eigenvalue weighted by Crippen LogP contribution is 2.19. The highest BCUT2D eigenvalue weighted by Gasteiger charge is 2.40. The number of nitrogens with one attached hydrogen (secondary N) is 15. The lowest BCUT2D eigenvalue weighted by Crippen LogP contribution is -2.62. The fourth-order valence-electron chi connectivity index (χ4n) is 13.2. The van der Waals surface area contributed by atoms with Crippen LogP contribution < -0.4 is 177 Å². The van der Waals surface area contributed by atoms with Crippen LogP contribution in [0.4, 0.5) is 0 Å². The molecule has 24 amide bonds. The first-order chi connectivity index (χ1) is 70.7. The Morgan fingerprint density at radius 2 is 0.302 bits per heavy atom. The molecule has 0 rings (SSSR count). The molecule has 0 saturated heterocycles. The first-order valence-corrected chi connectivity index (χ1v) is 57.3.